The van der Waals surface area contributed by atoms with Gasteiger partial charge < -0.3 is 9.84 Å². The van der Waals surface area contributed by atoms with Crippen LogP contribution in [0.3, 0.4) is 0 Å². The van der Waals surface area contributed by atoms with Crippen LogP contribution in [0.1, 0.15) is 25.1 Å². The largest absolute Gasteiger partial charge is 0.493 e. The van der Waals surface area contributed by atoms with Gasteiger partial charge in [-0.05, 0) is 36.6 Å². The van der Waals surface area contributed by atoms with Crippen molar-refractivity contribution in [2.75, 3.05) is 6.61 Å². The lowest BCUT2D eigenvalue weighted by atomic mass is 10.1. The van der Waals surface area contributed by atoms with Crippen molar-refractivity contribution in [3.8, 4) is 17.0 Å². The summed E-state index contributed by atoms with van der Waals surface area (Å²) in [6.45, 7) is 6.72. The highest BCUT2D eigenvalue weighted by Crippen LogP contribution is 2.24. The average molecular weight is 299 g/mol. The SMILES string of the molecule is Cc1nc(-c2cccc(OCC(C)C)c2)ccc1CC(=O)O. The molecule has 1 heterocycles. The van der Waals surface area contributed by atoms with Crippen molar-refractivity contribution in [3.05, 3.63) is 47.7 Å². The Morgan fingerprint density at radius 1 is 1.27 bits per heavy atom. The zero-order chi connectivity index (χ0) is 16.1. The Hall–Kier alpha value is -2.36. The molecule has 0 aliphatic rings. The van der Waals surface area contributed by atoms with E-state index in [1.165, 1.54) is 0 Å². The number of carbonyl (C=O) groups is 1. The van der Waals surface area contributed by atoms with Gasteiger partial charge in [0.05, 0.1) is 18.7 Å². The molecule has 2 rings (SSSR count). The molecule has 22 heavy (non-hydrogen) atoms. The molecule has 116 valence electrons. The lowest BCUT2D eigenvalue weighted by molar-refractivity contribution is -0.136. The molecule has 0 saturated heterocycles. The van der Waals surface area contributed by atoms with E-state index in [1.54, 1.807) is 0 Å². The number of aliphatic carboxylic acids is 1. The summed E-state index contributed by atoms with van der Waals surface area (Å²) in [4.78, 5) is 15.3. The van der Waals surface area contributed by atoms with Gasteiger partial charge in [-0.25, -0.2) is 0 Å². The fraction of sp³-hybridized carbons (Fsp3) is 0.333. The summed E-state index contributed by atoms with van der Waals surface area (Å²) >= 11 is 0. The summed E-state index contributed by atoms with van der Waals surface area (Å²) in [6, 6.07) is 11.5. The number of carboxylic acids is 1. The molecule has 0 spiro atoms. The van der Waals surface area contributed by atoms with Crippen molar-refractivity contribution in [2.45, 2.75) is 27.2 Å². The molecule has 1 aromatic heterocycles. The number of rotatable bonds is 6. The topological polar surface area (TPSA) is 59.4 Å². The minimum atomic E-state index is -0.846. The molecule has 4 heteroatoms. The zero-order valence-corrected chi connectivity index (χ0v) is 13.2. The van der Waals surface area contributed by atoms with E-state index in [1.807, 2.05) is 43.3 Å². The van der Waals surface area contributed by atoms with Gasteiger partial charge in [-0.3, -0.25) is 9.78 Å². The Balaban J connectivity index is 2.22. The van der Waals surface area contributed by atoms with Crippen LogP contribution in [0.4, 0.5) is 0 Å². The Kier molecular flexibility index (Phi) is 5.15. The predicted octanol–water partition coefficient (Wildman–Crippen LogP) is 3.72. The van der Waals surface area contributed by atoms with Crippen LogP contribution in [0.5, 0.6) is 5.75 Å². The first kappa shape index (κ1) is 16.0. The summed E-state index contributed by atoms with van der Waals surface area (Å²) in [5, 5.41) is 8.87. The van der Waals surface area contributed by atoms with Crippen LogP contribution >= 0.6 is 0 Å². The third kappa shape index (κ3) is 4.32. The third-order valence-electron chi connectivity index (χ3n) is 3.25. The molecule has 0 aliphatic carbocycles. The Morgan fingerprint density at radius 3 is 2.68 bits per heavy atom. The van der Waals surface area contributed by atoms with E-state index in [-0.39, 0.29) is 6.42 Å². The minimum Gasteiger partial charge on any atom is -0.493 e. The van der Waals surface area contributed by atoms with E-state index >= 15 is 0 Å². The molecule has 2 aromatic rings. The second-order valence-electron chi connectivity index (χ2n) is 5.74. The number of hydrogen-bond acceptors (Lipinski definition) is 3. The highest BCUT2D eigenvalue weighted by atomic mass is 16.5. The van der Waals surface area contributed by atoms with Gasteiger partial charge in [-0.15, -0.1) is 0 Å². The number of pyridine rings is 1. The standard InChI is InChI=1S/C18H21NO3/c1-12(2)11-22-16-6-4-5-15(9-16)17-8-7-14(10-18(20)21)13(3)19-17/h4-9,12H,10-11H2,1-3H3,(H,20,21). The molecule has 0 atom stereocenters. The fourth-order valence-electron chi connectivity index (χ4n) is 2.11. The molecule has 0 fully saturated rings. The van der Waals surface area contributed by atoms with Crippen molar-refractivity contribution in [1.82, 2.24) is 4.98 Å². The molecule has 1 aromatic carbocycles. The fourth-order valence-corrected chi connectivity index (χ4v) is 2.11. The molecule has 1 N–H and O–H groups in total. The number of aromatic nitrogens is 1. The second-order valence-corrected chi connectivity index (χ2v) is 5.74. The van der Waals surface area contributed by atoms with Crippen LogP contribution in [-0.4, -0.2) is 22.7 Å². The Labute approximate surface area is 130 Å². The molecular weight excluding hydrogens is 278 g/mol. The van der Waals surface area contributed by atoms with Gasteiger partial charge >= 0.3 is 5.97 Å². The number of benzene rings is 1. The summed E-state index contributed by atoms with van der Waals surface area (Å²) in [5.74, 6) is 0.446. The van der Waals surface area contributed by atoms with E-state index < -0.39 is 5.97 Å². The monoisotopic (exact) mass is 299 g/mol. The normalized spacial score (nSPS) is 10.7. The summed E-state index contributed by atoms with van der Waals surface area (Å²) in [5.41, 5.74) is 3.27. The van der Waals surface area contributed by atoms with Gasteiger partial charge in [0, 0.05) is 11.3 Å². The summed E-state index contributed by atoms with van der Waals surface area (Å²) in [7, 11) is 0. The molecule has 0 saturated carbocycles. The number of aryl methyl sites for hydroxylation is 1. The van der Waals surface area contributed by atoms with E-state index in [2.05, 4.69) is 18.8 Å². The first-order valence-electron chi connectivity index (χ1n) is 7.37. The molecule has 0 radical (unpaired) electrons. The van der Waals surface area contributed by atoms with Crippen LogP contribution in [0, 0.1) is 12.8 Å². The molecular formula is C18H21NO3. The maximum Gasteiger partial charge on any atom is 0.307 e. The lowest BCUT2D eigenvalue weighted by Gasteiger charge is -2.11. The number of hydrogen-bond donors (Lipinski definition) is 1. The Morgan fingerprint density at radius 2 is 2.05 bits per heavy atom. The van der Waals surface area contributed by atoms with Crippen LogP contribution in [0.15, 0.2) is 36.4 Å². The van der Waals surface area contributed by atoms with Gasteiger partial charge in [0.1, 0.15) is 5.75 Å². The zero-order valence-electron chi connectivity index (χ0n) is 13.2. The number of carboxylic acid groups (broad SMARTS) is 1. The first-order chi connectivity index (χ1) is 10.5. The van der Waals surface area contributed by atoms with E-state index in [0.29, 0.717) is 12.5 Å². The van der Waals surface area contributed by atoms with Gasteiger partial charge in [0.15, 0.2) is 0 Å². The van der Waals surface area contributed by atoms with Crippen molar-refractivity contribution in [3.63, 3.8) is 0 Å². The van der Waals surface area contributed by atoms with Gasteiger partial charge in [-0.1, -0.05) is 32.0 Å². The first-order valence-corrected chi connectivity index (χ1v) is 7.37. The van der Waals surface area contributed by atoms with Crippen molar-refractivity contribution in [1.29, 1.82) is 0 Å². The van der Waals surface area contributed by atoms with Crippen LogP contribution in [-0.2, 0) is 11.2 Å². The van der Waals surface area contributed by atoms with Gasteiger partial charge in [0.25, 0.3) is 0 Å². The molecule has 0 unspecified atom stereocenters. The highest BCUT2D eigenvalue weighted by Gasteiger charge is 2.08. The van der Waals surface area contributed by atoms with Crippen LogP contribution in [0.25, 0.3) is 11.3 Å². The maximum absolute atomic E-state index is 10.8. The van der Waals surface area contributed by atoms with Crippen LogP contribution in [0.2, 0.25) is 0 Å². The third-order valence-corrected chi connectivity index (χ3v) is 3.25. The maximum atomic E-state index is 10.8. The molecule has 0 aliphatic heterocycles. The smallest absolute Gasteiger partial charge is 0.307 e. The number of nitrogens with zero attached hydrogens (tertiary/aromatic N) is 1. The lowest BCUT2D eigenvalue weighted by Crippen LogP contribution is -2.05. The van der Waals surface area contributed by atoms with Gasteiger partial charge in [-0.2, -0.15) is 0 Å². The molecule has 0 bridgehead atoms. The summed E-state index contributed by atoms with van der Waals surface area (Å²) < 4.78 is 5.73. The van der Waals surface area contributed by atoms with Crippen LogP contribution < -0.4 is 4.74 Å². The second kappa shape index (κ2) is 7.07. The highest BCUT2D eigenvalue weighted by molar-refractivity contribution is 5.71. The van der Waals surface area contributed by atoms with Crippen molar-refractivity contribution >= 4 is 5.97 Å². The Bertz CT molecular complexity index is 665. The molecule has 4 nitrogen and oxygen atoms in total. The quantitative estimate of drug-likeness (QED) is 0.883. The van der Waals surface area contributed by atoms with E-state index in [9.17, 15) is 4.79 Å². The minimum absolute atomic E-state index is 0.00332. The van der Waals surface area contributed by atoms with E-state index in [4.69, 9.17) is 9.84 Å². The van der Waals surface area contributed by atoms with Crippen molar-refractivity contribution in [2.24, 2.45) is 5.92 Å². The predicted molar refractivity (Wildman–Crippen MR) is 86.1 cm³/mol. The number of ether oxygens (including phenoxy) is 1. The average Bonchev–Trinajstić information content (AvgIpc) is 2.47. The van der Waals surface area contributed by atoms with Gasteiger partial charge in [0.2, 0.25) is 0 Å². The van der Waals surface area contributed by atoms with Crippen molar-refractivity contribution < 1.29 is 14.6 Å². The molecule has 0 amide bonds. The summed E-state index contributed by atoms with van der Waals surface area (Å²) in [6.07, 6.45) is -0.00332. The van der Waals surface area contributed by atoms with E-state index in [0.717, 1.165) is 28.3 Å².